The molecule has 162 valence electrons. The van der Waals surface area contributed by atoms with Crippen molar-refractivity contribution in [2.24, 2.45) is 11.8 Å². The first kappa shape index (κ1) is 24.2. The van der Waals surface area contributed by atoms with Crippen LogP contribution in [0.15, 0.2) is 36.4 Å². The van der Waals surface area contributed by atoms with Gasteiger partial charge in [-0.1, -0.05) is 82.5 Å². The summed E-state index contributed by atoms with van der Waals surface area (Å²) in [7, 11) is 0. The molecule has 0 N–H and O–H groups in total. The molecule has 2 rings (SSSR count). The van der Waals surface area contributed by atoms with Crippen molar-refractivity contribution in [3.8, 4) is 29.4 Å². The van der Waals surface area contributed by atoms with Crippen LogP contribution in [0.4, 0.5) is 0 Å². The molecule has 1 aliphatic rings. The summed E-state index contributed by atoms with van der Waals surface area (Å²) in [6, 6.07) is 8.05. The van der Waals surface area contributed by atoms with Crippen molar-refractivity contribution < 1.29 is 4.74 Å². The number of hydrogen-bond acceptors (Lipinski definition) is 1. The van der Waals surface area contributed by atoms with Crippen LogP contribution in [0.5, 0.6) is 5.75 Å². The molecule has 0 radical (unpaired) electrons. The van der Waals surface area contributed by atoms with Gasteiger partial charge in [-0.2, -0.15) is 0 Å². The van der Waals surface area contributed by atoms with Crippen molar-refractivity contribution in [1.82, 2.24) is 0 Å². The van der Waals surface area contributed by atoms with E-state index in [2.05, 4.69) is 37.5 Å². The van der Waals surface area contributed by atoms with E-state index in [-0.39, 0.29) is 0 Å². The molecule has 0 aliphatic heterocycles. The van der Waals surface area contributed by atoms with Crippen LogP contribution in [0.25, 0.3) is 0 Å². The molecule has 1 fully saturated rings. The molecule has 0 bridgehead atoms. The fourth-order valence-corrected chi connectivity index (χ4v) is 4.01. The molecule has 1 heteroatoms. The summed E-state index contributed by atoms with van der Waals surface area (Å²) in [6.07, 6.45) is 19.5. The highest BCUT2D eigenvalue weighted by Crippen LogP contribution is 2.31. The minimum atomic E-state index is 0.583. The summed E-state index contributed by atoms with van der Waals surface area (Å²) in [6.45, 7) is 5.31. The van der Waals surface area contributed by atoms with Crippen molar-refractivity contribution in [3.63, 3.8) is 0 Å². The van der Waals surface area contributed by atoms with E-state index >= 15 is 0 Å². The third-order valence-electron chi connectivity index (χ3n) is 5.94. The quantitative estimate of drug-likeness (QED) is 0.284. The molecule has 1 saturated carbocycles. The molecule has 1 nitrogen and oxygen atoms in total. The van der Waals surface area contributed by atoms with Gasteiger partial charge in [0, 0.05) is 11.5 Å². The van der Waals surface area contributed by atoms with E-state index in [9.17, 15) is 0 Å². The first-order valence-corrected chi connectivity index (χ1v) is 12.2. The van der Waals surface area contributed by atoms with Gasteiger partial charge in [0.05, 0.1) is 6.61 Å². The Morgan fingerprint density at radius 3 is 2.27 bits per heavy atom. The minimum Gasteiger partial charge on any atom is -0.494 e. The van der Waals surface area contributed by atoms with E-state index in [0.717, 1.165) is 30.3 Å². The van der Waals surface area contributed by atoms with Crippen LogP contribution in [0.3, 0.4) is 0 Å². The van der Waals surface area contributed by atoms with Gasteiger partial charge in [-0.3, -0.25) is 0 Å². The molecule has 1 aromatic rings. The summed E-state index contributed by atoms with van der Waals surface area (Å²) in [5.41, 5.74) is 1.01. The SMILES string of the molecule is CCCCCCOc1ccc(C#CC=CC#CC2CCC(CCCCC)CC2)cc1. The number of hydrogen-bond donors (Lipinski definition) is 0. The second-order valence-corrected chi connectivity index (χ2v) is 8.54. The van der Waals surface area contributed by atoms with Crippen molar-refractivity contribution >= 4 is 0 Å². The first-order valence-electron chi connectivity index (χ1n) is 12.2. The Kier molecular flexibility index (Phi) is 12.6. The fraction of sp³-hybridized carbons (Fsp3) is 0.586. The Hall–Kier alpha value is -2.12. The van der Waals surface area contributed by atoms with Crippen LogP contribution in [-0.2, 0) is 0 Å². The normalized spacial score (nSPS) is 18.3. The molecular weight excluding hydrogens is 364 g/mol. The maximum atomic E-state index is 5.77. The molecule has 0 spiro atoms. The van der Waals surface area contributed by atoms with E-state index in [1.54, 1.807) is 0 Å². The number of allylic oxidation sites excluding steroid dienone is 2. The van der Waals surface area contributed by atoms with E-state index in [0.29, 0.717) is 5.92 Å². The van der Waals surface area contributed by atoms with Crippen molar-refractivity contribution in [2.45, 2.75) is 90.9 Å². The van der Waals surface area contributed by atoms with Gasteiger partial charge in [0.15, 0.2) is 0 Å². The van der Waals surface area contributed by atoms with Crippen molar-refractivity contribution in [1.29, 1.82) is 0 Å². The summed E-state index contributed by atoms with van der Waals surface area (Å²) < 4.78 is 5.77. The predicted molar refractivity (Wildman–Crippen MR) is 129 cm³/mol. The molecule has 1 aromatic carbocycles. The molecule has 0 saturated heterocycles. The maximum Gasteiger partial charge on any atom is 0.119 e. The molecule has 0 amide bonds. The van der Waals surface area contributed by atoms with E-state index in [1.807, 2.05) is 36.4 Å². The highest BCUT2D eigenvalue weighted by Gasteiger charge is 2.19. The molecule has 0 heterocycles. The highest BCUT2D eigenvalue weighted by atomic mass is 16.5. The third kappa shape index (κ3) is 10.6. The van der Waals surface area contributed by atoms with Gasteiger partial charge in [-0.25, -0.2) is 0 Å². The van der Waals surface area contributed by atoms with Crippen LogP contribution in [0.1, 0.15) is 96.5 Å². The topological polar surface area (TPSA) is 9.23 Å². The van der Waals surface area contributed by atoms with Crippen LogP contribution in [0.2, 0.25) is 0 Å². The Morgan fingerprint density at radius 1 is 0.833 bits per heavy atom. The van der Waals surface area contributed by atoms with Gasteiger partial charge in [0.25, 0.3) is 0 Å². The average molecular weight is 405 g/mol. The highest BCUT2D eigenvalue weighted by molar-refractivity contribution is 5.40. The number of unbranched alkanes of at least 4 members (excludes halogenated alkanes) is 5. The number of ether oxygens (including phenoxy) is 1. The zero-order valence-electron chi connectivity index (χ0n) is 19.2. The zero-order chi connectivity index (χ0) is 21.3. The van der Waals surface area contributed by atoms with Gasteiger partial charge in [0.2, 0.25) is 0 Å². The average Bonchev–Trinajstić information content (AvgIpc) is 2.78. The summed E-state index contributed by atoms with van der Waals surface area (Å²) in [5.74, 6) is 15.3. The molecule has 0 atom stereocenters. The van der Waals surface area contributed by atoms with Gasteiger partial charge >= 0.3 is 0 Å². The van der Waals surface area contributed by atoms with Crippen LogP contribution in [0, 0.1) is 35.5 Å². The Labute approximate surface area is 185 Å². The smallest absolute Gasteiger partial charge is 0.119 e. The molecule has 30 heavy (non-hydrogen) atoms. The Morgan fingerprint density at radius 2 is 1.53 bits per heavy atom. The predicted octanol–water partition coefficient (Wildman–Crippen LogP) is 7.94. The molecule has 0 unspecified atom stereocenters. The van der Waals surface area contributed by atoms with Gasteiger partial charge in [-0.05, 0) is 74.4 Å². The van der Waals surface area contributed by atoms with Gasteiger partial charge < -0.3 is 4.74 Å². The zero-order valence-corrected chi connectivity index (χ0v) is 19.2. The molecular formula is C29H40O. The first-order chi connectivity index (χ1) is 14.8. The second kappa shape index (κ2) is 15.7. The summed E-state index contributed by atoms with van der Waals surface area (Å²) >= 11 is 0. The lowest BCUT2D eigenvalue weighted by atomic mass is 9.80. The van der Waals surface area contributed by atoms with Gasteiger partial charge in [0.1, 0.15) is 5.75 Å². The lowest BCUT2D eigenvalue weighted by Gasteiger charge is -2.25. The lowest BCUT2D eigenvalue weighted by Crippen LogP contribution is -2.13. The standard InChI is InChI=1S/C29H40O/c1-3-5-7-13-25-30-29-23-21-28(22-24-29)16-12-9-8-11-15-27-19-17-26(18-20-27)14-10-6-4-2/h8-9,21-24,26-27H,3-7,10,13-14,17-20,25H2,1-2H3. The summed E-state index contributed by atoms with van der Waals surface area (Å²) in [5, 5.41) is 0. The molecule has 0 aromatic heterocycles. The maximum absolute atomic E-state index is 5.77. The Bertz CT molecular complexity index is 712. The van der Waals surface area contributed by atoms with E-state index in [4.69, 9.17) is 4.74 Å². The van der Waals surface area contributed by atoms with Crippen LogP contribution < -0.4 is 4.74 Å². The van der Waals surface area contributed by atoms with Crippen molar-refractivity contribution in [2.75, 3.05) is 6.61 Å². The minimum absolute atomic E-state index is 0.583. The molecule has 1 aliphatic carbocycles. The van der Waals surface area contributed by atoms with Gasteiger partial charge in [-0.15, -0.1) is 0 Å². The Balaban J connectivity index is 1.65. The monoisotopic (exact) mass is 404 g/mol. The largest absolute Gasteiger partial charge is 0.494 e. The van der Waals surface area contributed by atoms with Crippen LogP contribution >= 0.6 is 0 Å². The van der Waals surface area contributed by atoms with Crippen molar-refractivity contribution in [3.05, 3.63) is 42.0 Å². The van der Waals surface area contributed by atoms with E-state index < -0.39 is 0 Å². The third-order valence-corrected chi connectivity index (χ3v) is 5.94. The number of rotatable bonds is 10. The fourth-order valence-electron chi connectivity index (χ4n) is 4.01. The van der Waals surface area contributed by atoms with Crippen LogP contribution in [-0.4, -0.2) is 6.61 Å². The lowest BCUT2D eigenvalue weighted by molar-refractivity contribution is 0.294. The number of benzene rings is 1. The van der Waals surface area contributed by atoms with E-state index in [1.165, 1.54) is 70.6 Å². The summed E-state index contributed by atoms with van der Waals surface area (Å²) in [4.78, 5) is 0. The second-order valence-electron chi connectivity index (χ2n) is 8.54.